The first-order valence-electron chi connectivity index (χ1n) is 8.39. The number of aromatic hydroxyl groups is 1. The lowest BCUT2D eigenvalue weighted by atomic mass is 10.1. The van der Waals surface area contributed by atoms with Crippen molar-refractivity contribution in [3.8, 4) is 5.75 Å². The Morgan fingerprint density at radius 2 is 2.11 bits per heavy atom. The van der Waals surface area contributed by atoms with Crippen molar-refractivity contribution in [2.24, 2.45) is 0 Å². The number of phenolic OH excluding ortho intramolecular Hbond substituents is 1. The van der Waals surface area contributed by atoms with Crippen molar-refractivity contribution in [3.05, 3.63) is 40.9 Å². The van der Waals surface area contributed by atoms with E-state index < -0.39 is 17.9 Å². The van der Waals surface area contributed by atoms with Crippen molar-refractivity contribution >= 4 is 34.3 Å². The number of thiazole rings is 1. The fourth-order valence-electron chi connectivity index (χ4n) is 2.79. The molecular weight excluding hydrogens is 370 g/mol. The van der Waals surface area contributed by atoms with Crippen molar-refractivity contribution in [2.75, 3.05) is 18.6 Å². The van der Waals surface area contributed by atoms with Gasteiger partial charge in [-0.15, -0.1) is 11.3 Å². The molecule has 2 aromatic rings. The second kappa shape index (κ2) is 8.17. The lowest BCUT2D eigenvalue weighted by Crippen LogP contribution is -2.35. The molecule has 2 amide bonds. The molecule has 0 saturated carbocycles. The van der Waals surface area contributed by atoms with E-state index in [-0.39, 0.29) is 18.1 Å². The third-order valence-electron chi connectivity index (χ3n) is 4.15. The lowest BCUT2D eigenvalue weighted by Gasteiger charge is -2.16. The molecule has 8 nitrogen and oxygen atoms in total. The average Bonchev–Trinajstić information content (AvgIpc) is 3.28. The number of anilines is 1. The fraction of sp³-hybridized carbons (Fsp3) is 0.333. The number of nitrogens with zero attached hydrogens (tertiary/aromatic N) is 2. The van der Waals surface area contributed by atoms with Gasteiger partial charge in [-0.05, 0) is 24.1 Å². The summed E-state index contributed by atoms with van der Waals surface area (Å²) in [7, 11) is 1.24. The van der Waals surface area contributed by atoms with E-state index in [9.17, 15) is 19.5 Å². The Morgan fingerprint density at radius 1 is 1.37 bits per heavy atom. The predicted molar refractivity (Wildman–Crippen MR) is 98.4 cm³/mol. The third-order valence-corrected chi connectivity index (χ3v) is 5.07. The number of carbonyl (C=O) groups is 3. The third kappa shape index (κ3) is 4.43. The van der Waals surface area contributed by atoms with Gasteiger partial charge in [0.1, 0.15) is 5.75 Å². The Balaban J connectivity index is 1.67. The zero-order valence-corrected chi connectivity index (χ0v) is 15.5. The Kier molecular flexibility index (Phi) is 5.70. The van der Waals surface area contributed by atoms with Crippen molar-refractivity contribution in [1.82, 2.24) is 10.3 Å². The molecule has 1 saturated heterocycles. The molecule has 27 heavy (non-hydrogen) atoms. The van der Waals surface area contributed by atoms with Gasteiger partial charge in [0.2, 0.25) is 11.8 Å². The van der Waals surface area contributed by atoms with Crippen molar-refractivity contribution in [1.29, 1.82) is 0 Å². The number of phenols is 1. The maximum absolute atomic E-state index is 12.4. The summed E-state index contributed by atoms with van der Waals surface area (Å²) >= 11 is 1.31. The summed E-state index contributed by atoms with van der Waals surface area (Å²) in [4.78, 5) is 42.2. The standard InChI is InChI=1S/C18H19N3O5S/c1-26-17(25)16(11-4-6-13(22)7-5-11)20-14(23)9-12-10-27-18(19-12)21-8-2-3-15(21)24/h4-7,10,16,22H,2-3,8-9H2,1H3,(H,20,23). The molecule has 142 valence electrons. The van der Waals surface area contributed by atoms with Crippen LogP contribution < -0.4 is 10.2 Å². The molecular formula is C18H19N3O5S. The second-order valence-corrected chi connectivity index (χ2v) is 6.90. The molecule has 0 bridgehead atoms. The first-order chi connectivity index (χ1) is 13.0. The minimum Gasteiger partial charge on any atom is -0.508 e. The van der Waals surface area contributed by atoms with Crippen LogP contribution in [0.3, 0.4) is 0 Å². The second-order valence-electron chi connectivity index (χ2n) is 6.06. The highest BCUT2D eigenvalue weighted by Crippen LogP contribution is 2.25. The molecule has 0 spiro atoms. The number of carbonyl (C=O) groups excluding carboxylic acids is 3. The molecule has 3 rings (SSSR count). The molecule has 2 N–H and O–H groups in total. The normalized spacial score (nSPS) is 14.9. The highest BCUT2D eigenvalue weighted by atomic mass is 32.1. The largest absolute Gasteiger partial charge is 0.508 e. The first-order valence-corrected chi connectivity index (χ1v) is 9.27. The van der Waals surface area contributed by atoms with Gasteiger partial charge in [-0.3, -0.25) is 14.5 Å². The van der Waals surface area contributed by atoms with Crippen LogP contribution in [-0.2, 0) is 25.5 Å². The minimum absolute atomic E-state index is 0.0237. The zero-order chi connectivity index (χ0) is 19.4. The van der Waals surface area contributed by atoms with Crippen molar-refractivity contribution < 1.29 is 24.2 Å². The van der Waals surface area contributed by atoms with Gasteiger partial charge < -0.3 is 15.2 Å². The van der Waals surface area contributed by atoms with Crippen LogP contribution in [0.1, 0.15) is 30.1 Å². The lowest BCUT2D eigenvalue weighted by molar-refractivity contribution is -0.145. The van der Waals surface area contributed by atoms with Crippen LogP contribution in [0.5, 0.6) is 5.75 Å². The monoisotopic (exact) mass is 389 g/mol. The molecule has 1 fully saturated rings. The van der Waals surface area contributed by atoms with Gasteiger partial charge in [0.15, 0.2) is 11.2 Å². The van der Waals surface area contributed by atoms with Crippen LogP contribution in [0.25, 0.3) is 0 Å². The van der Waals surface area contributed by atoms with E-state index in [0.29, 0.717) is 29.4 Å². The Hall–Kier alpha value is -2.94. The SMILES string of the molecule is COC(=O)C(NC(=O)Cc1csc(N2CCCC2=O)n1)c1ccc(O)cc1. The number of aromatic nitrogens is 1. The maximum atomic E-state index is 12.4. The number of esters is 1. The molecule has 1 aliphatic heterocycles. The highest BCUT2D eigenvalue weighted by Gasteiger charge is 2.26. The molecule has 0 aliphatic carbocycles. The summed E-state index contributed by atoms with van der Waals surface area (Å²) in [6.07, 6.45) is 1.30. The zero-order valence-electron chi connectivity index (χ0n) is 14.7. The summed E-state index contributed by atoms with van der Waals surface area (Å²) in [5.74, 6) is -0.919. The van der Waals surface area contributed by atoms with E-state index in [1.165, 1.54) is 42.7 Å². The summed E-state index contributed by atoms with van der Waals surface area (Å²) in [6.45, 7) is 0.642. The number of benzene rings is 1. The van der Waals surface area contributed by atoms with E-state index in [0.717, 1.165) is 6.42 Å². The van der Waals surface area contributed by atoms with Crippen molar-refractivity contribution in [2.45, 2.75) is 25.3 Å². The molecule has 0 radical (unpaired) electrons. The Morgan fingerprint density at radius 3 is 2.74 bits per heavy atom. The highest BCUT2D eigenvalue weighted by molar-refractivity contribution is 7.14. The fourth-order valence-corrected chi connectivity index (χ4v) is 3.66. The van der Waals surface area contributed by atoms with E-state index in [4.69, 9.17) is 4.74 Å². The van der Waals surface area contributed by atoms with Gasteiger partial charge in [0, 0.05) is 18.3 Å². The van der Waals surface area contributed by atoms with Crippen LogP contribution in [-0.4, -0.2) is 41.5 Å². The van der Waals surface area contributed by atoms with Gasteiger partial charge in [-0.2, -0.15) is 0 Å². The van der Waals surface area contributed by atoms with E-state index >= 15 is 0 Å². The number of nitrogens with one attached hydrogen (secondary N) is 1. The quantitative estimate of drug-likeness (QED) is 0.726. The Bertz CT molecular complexity index is 849. The van der Waals surface area contributed by atoms with Gasteiger partial charge in [0.25, 0.3) is 0 Å². The summed E-state index contributed by atoms with van der Waals surface area (Å²) < 4.78 is 4.76. The van der Waals surface area contributed by atoms with Gasteiger partial charge in [-0.25, -0.2) is 9.78 Å². The van der Waals surface area contributed by atoms with Crippen molar-refractivity contribution in [3.63, 3.8) is 0 Å². The summed E-state index contributed by atoms with van der Waals surface area (Å²) in [6, 6.07) is 4.95. The molecule has 1 aromatic carbocycles. The van der Waals surface area contributed by atoms with Gasteiger partial charge >= 0.3 is 5.97 Å². The minimum atomic E-state index is -0.985. The molecule has 1 aromatic heterocycles. The molecule has 9 heteroatoms. The number of hydrogen-bond donors (Lipinski definition) is 2. The maximum Gasteiger partial charge on any atom is 0.333 e. The van der Waals surface area contributed by atoms with E-state index in [1.807, 2.05) is 0 Å². The average molecular weight is 389 g/mol. The van der Waals surface area contributed by atoms with Crippen LogP contribution in [0, 0.1) is 0 Å². The van der Waals surface area contributed by atoms with Gasteiger partial charge in [-0.1, -0.05) is 12.1 Å². The summed E-state index contributed by atoms with van der Waals surface area (Å²) in [5.41, 5.74) is 1.02. The number of amides is 2. The van der Waals surface area contributed by atoms with E-state index in [1.54, 1.807) is 10.3 Å². The Labute approximate surface area is 159 Å². The van der Waals surface area contributed by atoms with Crippen LogP contribution in [0.15, 0.2) is 29.6 Å². The smallest absolute Gasteiger partial charge is 0.333 e. The molecule has 2 heterocycles. The summed E-state index contributed by atoms with van der Waals surface area (Å²) in [5, 5.41) is 14.3. The number of hydrogen-bond acceptors (Lipinski definition) is 7. The number of rotatable bonds is 6. The molecule has 1 aliphatic rings. The van der Waals surface area contributed by atoms with Crippen LogP contribution in [0.4, 0.5) is 5.13 Å². The first kappa shape index (κ1) is 18.8. The molecule has 1 unspecified atom stereocenters. The van der Waals surface area contributed by atoms with Crippen LogP contribution >= 0.6 is 11.3 Å². The number of ether oxygens (including phenoxy) is 1. The van der Waals surface area contributed by atoms with Gasteiger partial charge in [0.05, 0.1) is 19.2 Å². The predicted octanol–water partition coefficient (Wildman–Crippen LogP) is 1.55. The topological polar surface area (TPSA) is 109 Å². The number of methoxy groups -OCH3 is 1. The molecule has 1 atom stereocenters. The van der Waals surface area contributed by atoms with E-state index in [2.05, 4.69) is 10.3 Å². The van der Waals surface area contributed by atoms with Crippen LogP contribution in [0.2, 0.25) is 0 Å².